The van der Waals surface area contributed by atoms with E-state index in [1.54, 1.807) is 6.07 Å². The average molecular weight is 344 g/mol. The number of aromatic amines is 1. The number of fused-ring (bicyclic) bond motifs is 1. The quantitative estimate of drug-likeness (QED) is 0.701. The van der Waals surface area contributed by atoms with Crippen LogP contribution in [0.4, 0.5) is 0 Å². The molecule has 0 amide bonds. The van der Waals surface area contributed by atoms with Crippen LogP contribution in [0, 0.1) is 16.1 Å². The summed E-state index contributed by atoms with van der Waals surface area (Å²) in [6.45, 7) is 0.682. The highest BCUT2D eigenvalue weighted by Gasteiger charge is 2.06. The normalized spacial score (nSPS) is 10.6. The van der Waals surface area contributed by atoms with Crippen LogP contribution in [0.3, 0.4) is 0 Å². The molecule has 1 heterocycles. The van der Waals surface area contributed by atoms with E-state index < -0.39 is 0 Å². The van der Waals surface area contributed by atoms with Gasteiger partial charge in [-0.05, 0) is 48.1 Å². The Morgan fingerprint density at radius 2 is 1.95 bits per heavy atom. The van der Waals surface area contributed by atoms with Crippen molar-refractivity contribution in [3.8, 4) is 6.07 Å². The summed E-state index contributed by atoms with van der Waals surface area (Å²) in [5, 5.41) is 9.01. The van der Waals surface area contributed by atoms with Gasteiger partial charge in [-0.15, -0.1) is 0 Å². The summed E-state index contributed by atoms with van der Waals surface area (Å²) in [5.74, 6) is 0. The number of nitrogens with one attached hydrogen (secondary N) is 1. The lowest BCUT2D eigenvalue weighted by Gasteiger charge is -2.05. The third kappa shape index (κ3) is 2.40. The van der Waals surface area contributed by atoms with E-state index >= 15 is 0 Å². The molecule has 5 heteroatoms. The number of H-pyrrole nitrogens is 1. The minimum absolute atomic E-state index is 0.635. The van der Waals surface area contributed by atoms with Gasteiger partial charge < -0.3 is 9.55 Å². The van der Waals surface area contributed by atoms with Crippen molar-refractivity contribution in [1.29, 1.82) is 5.26 Å². The van der Waals surface area contributed by atoms with Crippen LogP contribution in [0.15, 0.2) is 46.9 Å². The lowest BCUT2D eigenvalue weighted by atomic mass is 10.2. The van der Waals surface area contributed by atoms with E-state index in [1.165, 1.54) is 0 Å². The SMILES string of the molecule is N#Cc1ccc2[nH]c(=S)n(Cc3ccc(Br)cc3)c2c1. The van der Waals surface area contributed by atoms with Gasteiger partial charge in [0.2, 0.25) is 0 Å². The summed E-state index contributed by atoms with van der Waals surface area (Å²) in [6.07, 6.45) is 0. The molecule has 3 aromatic rings. The van der Waals surface area contributed by atoms with Gasteiger partial charge in [-0.1, -0.05) is 28.1 Å². The Hall–Kier alpha value is -1.90. The second kappa shape index (κ2) is 5.23. The molecule has 0 aliphatic heterocycles. The highest BCUT2D eigenvalue weighted by molar-refractivity contribution is 9.10. The molecule has 0 bridgehead atoms. The van der Waals surface area contributed by atoms with Gasteiger partial charge in [-0.25, -0.2) is 0 Å². The fourth-order valence-corrected chi connectivity index (χ4v) is 2.69. The molecule has 20 heavy (non-hydrogen) atoms. The first-order valence-electron chi connectivity index (χ1n) is 6.04. The van der Waals surface area contributed by atoms with Crippen molar-refractivity contribution in [3.63, 3.8) is 0 Å². The van der Waals surface area contributed by atoms with E-state index in [0.717, 1.165) is 21.1 Å². The fourth-order valence-electron chi connectivity index (χ4n) is 2.15. The highest BCUT2D eigenvalue weighted by Crippen LogP contribution is 2.18. The molecule has 0 saturated carbocycles. The first-order valence-corrected chi connectivity index (χ1v) is 7.24. The van der Waals surface area contributed by atoms with E-state index in [0.29, 0.717) is 16.9 Å². The van der Waals surface area contributed by atoms with Crippen LogP contribution in [0.1, 0.15) is 11.1 Å². The van der Waals surface area contributed by atoms with Gasteiger partial charge in [0, 0.05) is 4.47 Å². The average Bonchev–Trinajstić information content (AvgIpc) is 2.77. The third-order valence-corrected chi connectivity index (χ3v) is 4.01. The van der Waals surface area contributed by atoms with Crippen LogP contribution >= 0.6 is 28.1 Å². The number of hydrogen-bond donors (Lipinski definition) is 1. The molecule has 2 aromatic carbocycles. The predicted molar refractivity (Wildman–Crippen MR) is 85.1 cm³/mol. The molecule has 1 aromatic heterocycles. The van der Waals surface area contributed by atoms with Gasteiger partial charge in [-0.3, -0.25) is 0 Å². The number of imidazole rings is 1. The van der Waals surface area contributed by atoms with Gasteiger partial charge in [0.15, 0.2) is 4.77 Å². The minimum atomic E-state index is 0.635. The van der Waals surface area contributed by atoms with Crippen molar-refractivity contribution < 1.29 is 0 Å². The number of hydrogen-bond acceptors (Lipinski definition) is 2. The van der Waals surface area contributed by atoms with E-state index in [4.69, 9.17) is 17.5 Å². The van der Waals surface area contributed by atoms with Crippen LogP contribution in [0.2, 0.25) is 0 Å². The number of halogens is 1. The predicted octanol–water partition coefficient (Wildman–Crippen LogP) is 4.38. The lowest BCUT2D eigenvalue weighted by molar-refractivity contribution is 0.810. The summed E-state index contributed by atoms with van der Waals surface area (Å²) in [5.41, 5.74) is 3.70. The van der Waals surface area contributed by atoms with Crippen molar-refractivity contribution in [3.05, 3.63) is 62.8 Å². The van der Waals surface area contributed by atoms with E-state index in [-0.39, 0.29) is 0 Å². The molecule has 3 nitrogen and oxygen atoms in total. The van der Waals surface area contributed by atoms with Gasteiger partial charge in [-0.2, -0.15) is 5.26 Å². The summed E-state index contributed by atoms with van der Waals surface area (Å²) < 4.78 is 3.72. The minimum Gasteiger partial charge on any atom is -0.331 e. The standard InChI is InChI=1S/C15H10BrN3S/c16-12-4-1-10(2-5-12)9-19-14-7-11(8-17)3-6-13(14)18-15(19)20/h1-7H,9H2,(H,18,20). The molecule has 98 valence electrons. The molecule has 0 saturated heterocycles. The Morgan fingerprint density at radius 1 is 1.20 bits per heavy atom. The van der Waals surface area contributed by atoms with Crippen molar-refractivity contribution in [2.24, 2.45) is 0 Å². The number of rotatable bonds is 2. The largest absolute Gasteiger partial charge is 0.331 e. The van der Waals surface area contributed by atoms with Crippen LogP contribution in [-0.4, -0.2) is 9.55 Å². The maximum atomic E-state index is 9.01. The van der Waals surface area contributed by atoms with E-state index in [9.17, 15) is 0 Å². The van der Waals surface area contributed by atoms with Crippen molar-refractivity contribution >= 4 is 39.2 Å². The second-order valence-electron chi connectivity index (χ2n) is 4.49. The van der Waals surface area contributed by atoms with Crippen LogP contribution in [0.25, 0.3) is 11.0 Å². The Balaban J connectivity index is 2.11. The Kier molecular flexibility index (Phi) is 3.43. The van der Waals surface area contributed by atoms with Gasteiger partial charge >= 0.3 is 0 Å². The van der Waals surface area contributed by atoms with Crippen molar-refractivity contribution in [1.82, 2.24) is 9.55 Å². The zero-order valence-corrected chi connectivity index (χ0v) is 12.8. The Morgan fingerprint density at radius 3 is 2.65 bits per heavy atom. The topological polar surface area (TPSA) is 44.5 Å². The van der Waals surface area contributed by atoms with E-state index in [1.807, 2.05) is 28.8 Å². The second-order valence-corrected chi connectivity index (χ2v) is 5.79. The molecule has 0 atom stereocenters. The number of nitriles is 1. The summed E-state index contributed by atoms with van der Waals surface area (Å²) in [6, 6.07) is 15.8. The fraction of sp³-hybridized carbons (Fsp3) is 0.0667. The molecule has 0 aliphatic carbocycles. The maximum Gasteiger partial charge on any atom is 0.178 e. The number of nitrogens with zero attached hydrogens (tertiary/aromatic N) is 2. The Bertz CT molecular complexity index is 869. The molecule has 0 aliphatic rings. The summed E-state index contributed by atoms with van der Waals surface area (Å²) in [4.78, 5) is 3.17. The van der Waals surface area contributed by atoms with Crippen molar-refractivity contribution in [2.45, 2.75) is 6.54 Å². The Labute approximate surface area is 129 Å². The third-order valence-electron chi connectivity index (χ3n) is 3.16. The van der Waals surface area contributed by atoms with Crippen LogP contribution < -0.4 is 0 Å². The zero-order valence-electron chi connectivity index (χ0n) is 10.4. The number of benzene rings is 2. The molecule has 0 unspecified atom stereocenters. The van der Waals surface area contributed by atoms with Crippen LogP contribution in [0.5, 0.6) is 0 Å². The van der Waals surface area contributed by atoms with Gasteiger partial charge in [0.05, 0.1) is 29.2 Å². The van der Waals surface area contributed by atoms with Crippen molar-refractivity contribution in [2.75, 3.05) is 0 Å². The monoisotopic (exact) mass is 343 g/mol. The van der Waals surface area contributed by atoms with E-state index in [2.05, 4.69) is 39.1 Å². The molecular formula is C15H10BrN3S. The molecule has 0 fully saturated rings. The molecular weight excluding hydrogens is 334 g/mol. The highest BCUT2D eigenvalue weighted by atomic mass is 79.9. The first kappa shape index (κ1) is 13.1. The zero-order chi connectivity index (χ0) is 14.1. The summed E-state index contributed by atoms with van der Waals surface area (Å²) >= 11 is 8.80. The van der Waals surface area contributed by atoms with Gasteiger partial charge in [0.1, 0.15) is 0 Å². The number of aromatic nitrogens is 2. The lowest BCUT2D eigenvalue weighted by Crippen LogP contribution is -1.99. The molecule has 1 N–H and O–H groups in total. The molecule has 3 rings (SSSR count). The summed E-state index contributed by atoms with van der Waals surface area (Å²) in [7, 11) is 0. The first-order chi connectivity index (χ1) is 9.67. The van der Waals surface area contributed by atoms with Crippen LogP contribution in [-0.2, 0) is 6.54 Å². The van der Waals surface area contributed by atoms with Gasteiger partial charge in [0.25, 0.3) is 0 Å². The molecule has 0 spiro atoms. The smallest absolute Gasteiger partial charge is 0.178 e. The maximum absolute atomic E-state index is 9.01. The molecule has 0 radical (unpaired) electrons.